The van der Waals surface area contributed by atoms with Crippen molar-refractivity contribution in [1.29, 1.82) is 0 Å². The van der Waals surface area contributed by atoms with Gasteiger partial charge in [-0.25, -0.2) is 9.59 Å². The highest BCUT2D eigenvalue weighted by atomic mass is 16.6. The monoisotopic (exact) mass is 560 g/mol. The number of carboxylic acids is 1. The van der Waals surface area contributed by atoms with Crippen LogP contribution >= 0.6 is 0 Å². The summed E-state index contributed by atoms with van der Waals surface area (Å²) in [6.45, 7) is 16.1. The summed E-state index contributed by atoms with van der Waals surface area (Å²) in [5.74, 6) is -0.953. The second kappa shape index (κ2) is 15.2. The molecule has 0 unspecified atom stereocenters. The number of aliphatic carboxylic acids is 1. The van der Waals surface area contributed by atoms with E-state index < -0.39 is 35.0 Å². The van der Waals surface area contributed by atoms with E-state index in [-0.39, 0.29) is 48.5 Å². The number of Topliss-reactive ketones (excluding diaryl/α,β-unsaturated/α-hetero) is 2. The number of carbonyl (C=O) groups is 5. The maximum absolute atomic E-state index is 11.2. The molecule has 12 heteroatoms. The van der Waals surface area contributed by atoms with E-state index in [1.165, 1.54) is 0 Å². The van der Waals surface area contributed by atoms with Crippen molar-refractivity contribution in [2.75, 3.05) is 0 Å². The molecule has 0 aromatic heterocycles. The van der Waals surface area contributed by atoms with Crippen LogP contribution in [0.4, 0.5) is 9.59 Å². The molecular weight excluding hydrogens is 512 g/mol. The summed E-state index contributed by atoms with van der Waals surface area (Å²) in [7, 11) is 0. The quantitative estimate of drug-likeness (QED) is 0.343. The van der Waals surface area contributed by atoms with Crippen LogP contribution < -0.4 is 10.6 Å². The Bertz CT molecular complexity index is 824. The summed E-state index contributed by atoms with van der Waals surface area (Å²) in [4.78, 5) is 53.0. The van der Waals surface area contributed by atoms with Crippen LogP contribution in [0.1, 0.15) is 101 Å². The van der Waals surface area contributed by atoms with Crippen LogP contribution in [0, 0.1) is 5.92 Å². The van der Waals surface area contributed by atoms with Crippen LogP contribution in [0.2, 0.25) is 0 Å². The Kier molecular flexibility index (Phi) is 14.1. The summed E-state index contributed by atoms with van der Waals surface area (Å²) >= 11 is 0. The molecule has 2 amide bonds. The SMILES string of the molecule is CC(C)(C)O.CC(C)(C)OC(=O)NC1CC(=O)C1.CC(C)(C)OC(=O)NC1CC(O)C1.O=C1CC(C(=O)O)C1. The van der Waals surface area contributed by atoms with E-state index in [9.17, 15) is 24.0 Å². The lowest BCUT2D eigenvalue weighted by Gasteiger charge is -2.32. The number of aliphatic hydroxyl groups is 2. The molecule has 12 nitrogen and oxygen atoms in total. The molecule has 0 aliphatic heterocycles. The van der Waals surface area contributed by atoms with E-state index in [0.717, 1.165) is 0 Å². The molecule has 0 spiro atoms. The van der Waals surface area contributed by atoms with Crippen LogP contribution in [0.3, 0.4) is 0 Å². The largest absolute Gasteiger partial charge is 0.481 e. The Morgan fingerprint density at radius 1 is 0.718 bits per heavy atom. The summed E-state index contributed by atoms with van der Waals surface area (Å²) in [5, 5.41) is 31.0. The first kappa shape index (κ1) is 36.3. The lowest BCUT2D eigenvalue weighted by atomic mass is 9.84. The van der Waals surface area contributed by atoms with Crippen molar-refractivity contribution in [3.63, 3.8) is 0 Å². The maximum atomic E-state index is 11.2. The molecule has 0 aromatic carbocycles. The molecule has 0 radical (unpaired) electrons. The van der Waals surface area contributed by atoms with Gasteiger partial charge in [-0.05, 0) is 75.2 Å². The molecule has 3 fully saturated rings. The molecule has 0 heterocycles. The second-order valence-corrected chi connectivity index (χ2v) is 12.9. The summed E-state index contributed by atoms with van der Waals surface area (Å²) in [5.41, 5.74) is -1.43. The summed E-state index contributed by atoms with van der Waals surface area (Å²) in [6.07, 6.45) is 1.57. The standard InChI is InChI=1S/C9H17NO3.C9H15NO3.C5H6O3.C4H10O/c2*1-9(2,3)13-8(12)10-6-4-7(11)5-6;6-4-1-3(2-4)5(7)8;1-4(2,3)5/h6-7,11H,4-5H2,1-3H3,(H,10,12);6H,4-5H2,1-3H3,(H,10,12);3H,1-2H2,(H,7,8);5H,1-3H3. The summed E-state index contributed by atoms with van der Waals surface area (Å²) in [6, 6.07) is 0.0761. The van der Waals surface area contributed by atoms with E-state index in [1.807, 2.05) is 20.8 Å². The average molecular weight is 561 g/mol. The van der Waals surface area contributed by atoms with Gasteiger partial charge in [0.15, 0.2) is 0 Å². The fourth-order valence-corrected chi connectivity index (χ4v) is 2.91. The molecule has 3 rings (SSSR count). The van der Waals surface area contributed by atoms with Crippen molar-refractivity contribution in [3.8, 4) is 0 Å². The first-order valence-corrected chi connectivity index (χ1v) is 13.1. The average Bonchev–Trinajstić information content (AvgIpc) is 2.59. The fraction of sp³-hybridized carbons (Fsp3) is 0.815. The van der Waals surface area contributed by atoms with Gasteiger partial charge in [0.05, 0.1) is 17.6 Å². The third-order valence-corrected chi connectivity index (χ3v) is 4.80. The molecule has 3 saturated carbocycles. The Labute approximate surface area is 231 Å². The number of aliphatic hydroxyl groups excluding tert-OH is 1. The number of alkyl carbamates (subject to hydrolysis) is 2. The van der Waals surface area contributed by atoms with Crippen molar-refractivity contribution >= 4 is 29.7 Å². The lowest BCUT2D eigenvalue weighted by molar-refractivity contribution is -0.149. The zero-order valence-electron chi connectivity index (χ0n) is 24.8. The molecule has 0 saturated heterocycles. The van der Waals surface area contributed by atoms with Gasteiger partial charge >= 0.3 is 18.2 Å². The molecule has 0 bridgehead atoms. The highest BCUT2D eigenvalue weighted by molar-refractivity contribution is 5.93. The zero-order chi connectivity index (χ0) is 30.8. The normalized spacial score (nSPS) is 20.9. The van der Waals surface area contributed by atoms with E-state index in [4.69, 9.17) is 24.8 Å². The number of hydrogen-bond acceptors (Lipinski definition) is 9. The lowest BCUT2D eigenvalue weighted by Crippen LogP contribution is -2.48. The molecule has 5 N–H and O–H groups in total. The molecule has 0 aromatic rings. The van der Waals surface area contributed by atoms with Gasteiger partial charge in [-0.2, -0.15) is 0 Å². The third kappa shape index (κ3) is 20.9. The number of hydrogen-bond donors (Lipinski definition) is 5. The molecule has 0 atom stereocenters. The van der Waals surface area contributed by atoms with E-state index in [1.54, 1.807) is 41.5 Å². The van der Waals surface area contributed by atoms with Gasteiger partial charge < -0.3 is 35.4 Å². The van der Waals surface area contributed by atoms with Gasteiger partial charge in [-0.1, -0.05) is 0 Å². The first-order chi connectivity index (χ1) is 17.4. The minimum atomic E-state index is -0.843. The topological polar surface area (TPSA) is 189 Å². The highest BCUT2D eigenvalue weighted by Gasteiger charge is 2.32. The van der Waals surface area contributed by atoms with Crippen LogP contribution in [0.15, 0.2) is 0 Å². The van der Waals surface area contributed by atoms with Crippen molar-refractivity contribution in [1.82, 2.24) is 10.6 Å². The van der Waals surface area contributed by atoms with E-state index >= 15 is 0 Å². The minimum Gasteiger partial charge on any atom is -0.481 e. The molecule has 3 aliphatic rings. The Hall–Kier alpha value is -2.73. The number of ketones is 2. The van der Waals surface area contributed by atoms with Crippen LogP contribution in [0.25, 0.3) is 0 Å². The smallest absolute Gasteiger partial charge is 0.407 e. The number of ether oxygens (including phenoxy) is 2. The van der Waals surface area contributed by atoms with Gasteiger partial charge in [0.25, 0.3) is 0 Å². The molecular formula is C27H48N2O10. The summed E-state index contributed by atoms with van der Waals surface area (Å²) < 4.78 is 10.1. The van der Waals surface area contributed by atoms with Gasteiger partial charge in [0, 0.05) is 37.8 Å². The van der Waals surface area contributed by atoms with Crippen molar-refractivity contribution < 1.29 is 48.8 Å². The van der Waals surface area contributed by atoms with E-state index in [0.29, 0.717) is 25.7 Å². The highest BCUT2D eigenvalue weighted by Crippen LogP contribution is 2.22. The number of carbonyl (C=O) groups excluding carboxylic acids is 4. The van der Waals surface area contributed by atoms with Crippen molar-refractivity contribution in [3.05, 3.63) is 0 Å². The van der Waals surface area contributed by atoms with E-state index in [2.05, 4.69) is 10.6 Å². The fourth-order valence-electron chi connectivity index (χ4n) is 2.91. The molecule has 226 valence electrons. The minimum absolute atomic E-state index is 0.0117. The van der Waals surface area contributed by atoms with Gasteiger partial charge in [-0.15, -0.1) is 0 Å². The number of rotatable bonds is 3. The van der Waals surface area contributed by atoms with Crippen molar-refractivity contribution in [2.24, 2.45) is 5.92 Å². The maximum Gasteiger partial charge on any atom is 0.407 e. The Balaban J connectivity index is 0.000000523. The van der Waals surface area contributed by atoms with Gasteiger partial charge in [-0.3, -0.25) is 14.4 Å². The van der Waals surface area contributed by atoms with Gasteiger partial charge in [0.2, 0.25) is 0 Å². The number of nitrogens with one attached hydrogen (secondary N) is 2. The van der Waals surface area contributed by atoms with Gasteiger partial charge in [0.1, 0.15) is 22.8 Å². The second-order valence-electron chi connectivity index (χ2n) is 12.9. The predicted octanol–water partition coefficient (Wildman–Crippen LogP) is 3.10. The zero-order valence-corrected chi connectivity index (χ0v) is 24.8. The first-order valence-electron chi connectivity index (χ1n) is 13.1. The predicted molar refractivity (Wildman–Crippen MR) is 143 cm³/mol. The molecule has 3 aliphatic carbocycles. The molecule has 39 heavy (non-hydrogen) atoms. The third-order valence-electron chi connectivity index (χ3n) is 4.80. The van der Waals surface area contributed by atoms with Crippen LogP contribution in [-0.4, -0.2) is 80.0 Å². The number of carboxylic acid groups (broad SMARTS) is 1. The Morgan fingerprint density at radius 2 is 1.05 bits per heavy atom. The Morgan fingerprint density at radius 3 is 1.28 bits per heavy atom. The van der Waals surface area contributed by atoms with Crippen LogP contribution in [-0.2, 0) is 23.9 Å². The number of amides is 2. The van der Waals surface area contributed by atoms with Crippen molar-refractivity contribution in [2.45, 2.75) is 136 Å². The van der Waals surface area contributed by atoms with Crippen LogP contribution in [0.5, 0.6) is 0 Å².